The molecular weight excluding hydrogens is 651 g/mol. The van der Waals surface area contributed by atoms with Gasteiger partial charge in [0.05, 0.1) is 5.69 Å². The van der Waals surface area contributed by atoms with Crippen LogP contribution in [0.3, 0.4) is 0 Å². The maximum atomic E-state index is 6.43. The highest BCUT2D eigenvalue weighted by atomic mass is 32.1. The first-order valence-corrected chi connectivity index (χ1v) is 18.7. The maximum absolute atomic E-state index is 6.43. The van der Waals surface area contributed by atoms with Crippen LogP contribution in [0.4, 0.5) is 17.1 Å². The first-order valence-electron chi connectivity index (χ1n) is 17.9. The number of rotatable bonds is 4. The molecule has 2 nitrogen and oxygen atoms in total. The Morgan fingerprint density at radius 3 is 2.12 bits per heavy atom. The van der Waals surface area contributed by atoms with Gasteiger partial charge in [0.15, 0.2) is 0 Å². The third kappa shape index (κ3) is 4.23. The van der Waals surface area contributed by atoms with Gasteiger partial charge < -0.3 is 9.32 Å². The van der Waals surface area contributed by atoms with Crippen molar-refractivity contribution in [3.8, 4) is 22.3 Å². The lowest BCUT2D eigenvalue weighted by Crippen LogP contribution is -2.16. The number of hydrogen-bond donors (Lipinski definition) is 0. The first-order chi connectivity index (χ1) is 25.5. The van der Waals surface area contributed by atoms with Gasteiger partial charge in [0.25, 0.3) is 0 Å². The zero-order chi connectivity index (χ0) is 34.6. The molecule has 10 aromatic rings. The summed E-state index contributed by atoms with van der Waals surface area (Å²) in [7, 11) is 0. The number of furan rings is 1. The average Bonchev–Trinajstić information content (AvgIpc) is 3.83. The second-order valence-corrected chi connectivity index (χ2v) is 15.6. The molecule has 0 amide bonds. The molecule has 8 aromatic carbocycles. The topological polar surface area (TPSA) is 16.4 Å². The molecule has 1 aliphatic rings. The Kier molecular flexibility index (Phi) is 6.21. The molecule has 2 heterocycles. The van der Waals surface area contributed by atoms with Crippen LogP contribution in [0.5, 0.6) is 0 Å². The van der Waals surface area contributed by atoms with Gasteiger partial charge >= 0.3 is 0 Å². The van der Waals surface area contributed by atoms with E-state index in [2.05, 4.69) is 170 Å². The summed E-state index contributed by atoms with van der Waals surface area (Å²) in [6.45, 7) is 4.69. The number of anilines is 3. The fraction of sp³-hybridized carbons (Fsp3) is 0.0612. The summed E-state index contributed by atoms with van der Waals surface area (Å²) in [6, 6.07) is 59.9. The van der Waals surface area contributed by atoms with E-state index in [1.54, 1.807) is 0 Å². The average molecular weight is 684 g/mol. The summed E-state index contributed by atoms with van der Waals surface area (Å²) >= 11 is 1.87. The van der Waals surface area contributed by atoms with Crippen molar-refractivity contribution in [3.63, 3.8) is 0 Å². The standard InChI is InChI=1S/C49H33NOS/c1-49(2)40-13-6-3-11-38(40)48-41(49)14-9-15-42(48)50(34-24-26-37-36-10-4-7-16-43(36)51-44(37)29-34)33-22-18-30(19-23-33)31-20-25-35-32(28-31)21-27-46-47(35)39-12-5-8-17-45(39)52-46/h3-29H,1-2H3. The molecule has 0 fully saturated rings. The van der Waals surface area contributed by atoms with Crippen molar-refractivity contribution < 1.29 is 4.42 Å². The third-order valence-electron chi connectivity index (χ3n) is 11.3. The van der Waals surface area contributed by atoms with E-state index in [0.717, 1.165) is 39.0 Å². The van der Waals surface area contributed by atoms with Crippen LogP contribution in [0.15, 0.2) is 168 Å². The van der Waals surface area contributed by atoms with E-state index < -0.39 is 0 Å². The van der Waals surface area contributed by atoms with Gasteiger partial charge in [0, 0.05) is 59.4 Å². The third-order valence-corrected chi connectivity index (χ3v) is 12.4. The van der Waals surface area contributed by atoms with Crippen molar-refractivity contribution in [2.45, 2.75) is 19.3 Å². The van der Waals surface area contributed by atoms with Gasteiger partial charge in [0.1, 0.15) is 11.2 Å². The molecule has 0 N–H and O–H groups in total. The Hall–Kier alpha value is -6.16. The van der Waals surface area contributed by atoms with Gasteiger partial charge in [-0.3, -0.25) is 0 Å². The van der Waals surface area contributed by atoms with Crippen LogP contribution < -0.4 is 4.90 Å². The summed E-state index contributed by atoms with van der Waals surface area (Å²) < 4.78 is 9.10. The summed E-state index contributed by atoms with van der Waals surface area (Å²) in [6.07, 6.45) is 0. The van der Waals surface area contributed by atoms with Crippen LogP contribution in [0.25, 0.3) is 75.1 Å². The predicted molar refractivity (Wildman–Crippen MR) is 222 cm³/mol. The van der Waals surface area contributed by atoms with Crippen LogP contribution in [0.2, 0.25) is 0 Å². The number of hydrogen-bond acceptors (Lipinski definition) is 3. The normalized spacial score (nSPS) is 13.3. The smallest absolute Gasteiger partial charge is 0.137 e. The highest BCUT2D eigenvalue weighted by Gasteiger charge is 2.37. The van der Waals surface area contributed by atoms with Crippen molar-refractivity contribution in [3.05, 3.63) is 175 Å². The number of para-hydroxylation sites is 1. The molecule has 1 aliphatic carbocycles. The summed E-state index contributed by atoms with van der Waals surface area (Å²) in [5.74, 6) is 0. The maximum Gasteiger partial charge on any atom is 0.137 e. The Balaban J connectivity index is 1.07. The van der Waals surface area contributed by atoms with Gasteiger partial charge in [-0.15, -0.1) is 11.3 Å². The quantitative estimate of drug-likeness (QED) is 0.184. The van der Waals surface area contributed by atoms with Crippen molar-refractivity contribution in [2.75, 3.05) is 4.90 Å². The van der Waals surface area contributed by atoms with Crippen molar-refractivity contribution in [2.24, 2.45) is 0 Å². The Bertz CT molecular complexity index is 3050. The molecule has 0 spiro atoms. The minimum absolute atomic E-state index is 0.100. The molecule has 0 bridgehead atoms. The molecule has 0 saturated heterocycles. The molecule has 0 unspecified atom stereocenters. The monoisotopic (exact) mass is 683 g/mol. The largest absolute Gasteiger partial charge is 0.456 e. The van der Waals surface area contributed by atoms with E-state index in [-0.39, 0.29) is 5.41 Å². The van der Waals surface area contributed by atoms with Crippen LogP contribution in [-0.4, -0.2) is 0 Å². The fourth-order valence-corrected chi connectivity index (χ4v) is 9.86. The van der Waals surface area contributed by atoms with Gasteiger partial charge in [-0.05, 0) is 93.2 Å². The molecule has 3 heteroatoms. The fourth-order valence-electron chi connectivity index (χ4n) is 8.74. The molecule has 2 aromatic heterocycles. The number of benzene rings is 8. The van der Waals surface area contributed by atoms with E-state index in [1.165, 1.54) is 64.3 Å². The Labute approximate surface area is 305 Å². The van der Waals surface area contributed by atoms with E-state index in [1.807, 2.05) is 23.5 Å². The molecule has 0 aliphatic heterocycles. The van der Waals surface area contributed by atoms with Crippen LogP contribution >= 0.6 is 11.3 Å². The molecule has 246 valence electrons. The SMILES string of the molecule is CC1(C)c2ccccc2-c2c(N(c3ccc(-c4ccc5c(ccc6sc7ccccc7c65)c4)cc3)c3ccc4c(c3)oc3ccccc34)cccc21. The minimum Gasteiger partial charge on any atom is -0.456 e. The number of fused-ring (bicyclic) bond motifs is 11. The van der Waals surface area contributed by atoms with Crippen LogP contribution in [0, 0.1) is 0 Å². The lowest BCUT2D eigenvalue weighted by Gasteiger charge is -2.29. The van der Waals surface area contributed by atoms with Crippen LogP contribution in [0.1, 0.15) is 25.0 Å². The number of nitrogens with zero attached hydrogens (tertiary/aromatic N) is 1. The van der Waals surface area contributed by atoms with E-state index >= 15 is 0 Å². The molecule has 0 saturated carbocycles. The molecule has 52 heavy (non-hydrogen) atoms. The van der Waals surface area contributed by atoms with Gasteiger partial charge in [-0.2, -0.15) is 0 Å². The summed E-state index contributed by atoms with van der Waals surface area (Å²) in [5.41, 5.74) is 12.7. The highest BCUT2D eigenvalue weighted by Crippen LogP contribution is 2.54. The Morgan fingerprint density at radius 1 is 0.500 bits per heavy atom. The van der Waals surface area contributed by atoms with E-state index in [0.29, 0.717) is 0 Å². The number of thiophene rings is 1. The summed E-state index contributed by atoms with van der Waals surface area (Å²) in [4.78, 5) is 2.41. The van der Waals surface area contributed by atoms with Crippen molar-refractivity contribution in [1.82, 2.24) is 0 Å². The zero-order valence-corrected chi connectivity index (χ0v) is 29.7. The van der Waals surface area contributed by atoms with Crippen LogP contribution in [-0.2, 0) is 5.41 Å². The van der Waals surface area contributed by atoms with Crippen molar-refractivity contribution >= 4 is 81.3 Å². The van der Waals surface area contributed by atoms with Gasteiger partial charge in [0.2, 0.25) is 0 Å². The van der Waals surface area contributed by atoms with Gasteiger partial charge in [-0.25, -0.2) is 0 Å². The first kappa shape index (κ1) is 29.6. The summed E-state index contributed by atoms with van der Waals surface area (Å²) in [5, 5.41) is 7.54. The second-order valence-electron chi connectivity index (χ2n) is 14.5. The Morgan fingerprint density at radius 2 is 1.21 bits per heavy atom. The van der Waals surface area contributed by atoms with E-state index in [9.17, 15) is 0 Å². The van der Waals surface area contributed by atoms with Crippen molar-refractivity contribution in [1.29, 1.82) is 0 Å². The van der Waals surface area contributed by atoms with Gasteiger partial charge in [-0.1, -0.05) is 117 Å². The second kappa shape index (κ2) is 10.9. The lowest BCUT2D eigenvalue weighted by molar-refractivity contribution is 0.660. The molecule has 11 rings (SSSR count). The molecule has 0 atom stereocenters. The zero-order valence-electron chi connectivity index (χ0n) is 28.9. The molecule has 0 radical (unpaired) electrons. The van der Waals surface area contributed by atoms with E-state index in [4.69, 9.17) is 4.42 Å². The molecular formula is C49H33NOS. The highest BCUT2D eigenvalue weighted by molar-refractivity contribution is 7.26. The lowest BCUT2D eigenvalue weighted by atomic mass is 9.82. The minimum atomic E-state index is -0.100. The predicted octanol–water partition coefficient (Wildman–Crippen LogP) is 14.6.